The summed E-state index contributed by atoms with van der Waals surface area (Å²) in [5.41, 5.74) is 7.64. The first-order chi connectivity index (χ1) is 15.2. The topological polar surface area (TPSA) is 27.7 Å². The molecule has 0 radical (unpaired) electrons. The van der Waals surface area contributed by atoms with Crippen LogP contribution in [0.4, 0.5) is 0 Å². The van der Waals surface area contributed by atoms with Crippen molar-refractivity contribution in [2.45, 2.75) is 18.3 Å². The minimum Gasteiger partial charge on any atom is -0.497 e. The van der Waals surface area contributed by atoms with Gasteiger partial charge in [0.25, 0.3) is 0 Å². The van der Waals surface area contributed by atoms with E-state index >= 15 is 0 Å². The Bertz CT molecular complexity index is 1170. The first-order valence-corrected chi connectivity index (χ1v) is 10.6. The summed E-state index contributed by atoms with van der Waals surface area (Å²) in [6.07, 6.45) is 6.30. The molecule has 0 heterocycles. The Labute approximate surface area is 183 Å². The van der Waals surface area contributed by atoms with Crippen LogP contribution in [0.1, 0.15) is 34.2 Å². The second kappa shape index (κ2) is 7.66. The van der Waals surface area contributed by atoms with Crippen LogP contribution in [0.2, 0.25) is 0 Å². The molecule has 0 saturated carbocycles. The van der Waals surface area contributed by atoms with Gasteiger partial charge in [-0.2, -0.15) is 0 Å². The number of hydrogen-bond donors (Lipinski definition) is 0. The second-order valence-electron chi connectivity index (χ2n) is 8.09. The molecule has 3 aromatic carbocycles. The molecule has 0 saturated heterocycles. The van der Waals surface area contributed by atoms with Crippen LogP contribution >= 0.6 is 0 Å². The summed E-state index contributed by atoms with van der Waals surface area (Å²) in [5, 5.41) is 0. The van der Waals surface area contributed by atoms with Crippen LogP contribution in [-0.2, 0) is 11.8 Å². The van der Waals surface area contributed by atoms with E-state index in [0.29, 0.717) is 6.61 Å². The number of benzene rings is 3. The van der Waals surface area contributed by atoms with Gasteiger partial charge in [-0.25, -0.2) is 0 Å². The molecule has 3 nitrogen and oxygen atoms in total. The van der Waals surface area contributed by atoms with Crippen LogP contribution in [0.5, 0.6) is 17.2 Å². The van der Waals surface area contributed by atoms with E-state index in [1.54, 1.807) is 20.3 Å². The highest BCUT2D eigenvalue weighted by atomic mass is 16.5. The van der Waals surface area contributed by atoms with E-state index in [9.17, 15) is 0 Å². The van der Waals surface area contributed by atoms with Gasteiger partial charge in [0, 0.05) is 5.41 Å². The summed E-state index contributed by atoms with van der Waals surface area (Å²) in [4.78, 5) is 0. The summed E-state index contributed by atoms with van der Waals surface area (Å²) in [5.74, 6) is 2.64. The molecule has 0 fully saturated rings. The zero-order valence-corrected chi connectivity index (χ0v) is 18.0. The highest BCUT2D eigenvalue weighted by Gasteiger charge is 2.44. The van der Waals surface area contributed by atoms with Crippen LogP contribution in [0.15, 0.2) is 79.4 Å². The van der Waals surface area contributed by atoms with Crippen LogP contribution in [-0.4, -0.2) is 20.8 Å². The number of aryl methyl sites for hydroxylation is 1. The van der Waals surface area contributed by atoms with Gasteiger partial charge >= 0.3 is 0 Å². The largest absolute Gasteiger partial charge is 0.497 e. The number of ether oxygens (including phenoxy) is 3. The Kier molecular flexibility index (Phi) is 4.82. The van der Waals surface area contributed by atoms with E-state index in [0.717, 1.165) is 30.1 Å². The summed E-state index contributed by atoms with van der Waals surface area (Å²) in [7, 11) is 3.45. The molecule has 3 aromatic rings. The van der Waals surface area contributed by atoms with E-state index < -0.39 is 0 Å². The van der Waals surface area contributed by atoms with E-state index in [1.807, 2.05) is 12.1 Å². The molecule has 0 bridgehead atoms. The lowest BCUT2D eigenvalue weighted by atomic mass is 9.77. The molecule has 2 aliphatic rings. The van der Waals surface area contributed by atoms with Crippen molar-refractivity contribution >= 4 is 5.57 Å². The van der Waals surface area contributed by atoms with Crippen LogP contribution in [0.3, 0.4) is 0 Å². The highest BCUT2D eigenvalue weighted by Crippen LogP contribution is 2.54. The van der Waals surface area contributed by atoms with E-state index in [1.165, 1.54) is 33.4 Å². The Morgan fingerprint density at radius 1 is 0.871 bits per heavy atom. The fraction of sp³-hybridized carbons (Fsp3) is 0.214. The minimum atomic E-state index is -0.115. The predicted octanol–water partition coefficient (Wildman–Crippen LogP) is 5.95. The van der Waals surface area contributed by atoms with Crippen LogP contribution in [0.25, 0.3) is 5.57 Å². The quantitative estimate of drug-likeness (QED) is 0.470. The van der Waals surface area contributed by atoms with Crippen molar-refractivity contribution < 1.29 is 14.2 Å². The van der Waals surface area contributed by atoms with Crippen molar-refractivity contribution in [1.29, 1.82) is 0 Å². The molecular formula is C28H26O3. The molecule has 0 aromatic heterocycles. The Morgan fingerprint density at radius 2 is 1.55 bits per heavy atom. The van der Waals surface area contributed by atoms with Crippen molar-refractivity contribution in [3.05, 3.63) is 107 Å². The van der Waals surface area contributed by atoms with Crippen molar-refractivity contribution in [2.75, 3.05) is 20.8 Å². The van der Waals surface area contributed by atoms with Gasteiger partial charge in [-0.15, -0.1) is 0 Å². The van der Waals surface area contributed by atoms with Gasteiger partial charge < -0.3 is 14.2 Å². The zero-order valence-electron chi connectivity index (χ0n) is 18.0. The van der Waals surface area contributed by atoms with Gasteiger partial charge in [0.15, 0.2) is 0 Å². The van der Waals surface area contributed by atoms with Gasteiger partial charge in [-0.3, -0.25) is 0 Å². The molecule has 0 N–H and O–H groups in total. The summed E-state index contributed by atoms with van der Waals surface area (Å²) in [6, 6.07) is 21.3. The molecular weight excluding hydrogens is 384 g/mol. The fourth-order valence-electron chi connectivity index (χ4n) is 5.02. The molecule has 1 atom stereocenters. The highest BCUT2D eigenvalue weighted by molar-refractivity contribution is 5.89. The summed E-state index contributed by atoms with van der Waals surface area (Å²) in [6.45, 7) is 4.22. The Morgan fingerprint density at radius 3 is 2.26 bits per heavy atom. The van der Waals surface area contributed by atoms with Crippen molar-refractivity contribution in [3.63, 3.8) is 0 Å². The molecule has 0 aliphatic heterocycles. The third-order valence-electron chi connectivity index (χ3n) is 6.50. The third kappa shape index (κ3) is 3.12. The second-order valence-corrected chi connectivity index (χ2v) is 8.09. The standard InChI is InChI=1S/C28H26O3/c1-4-15-31-21-7-5-19(6-8-21)25-18-28(27-12-10-23(30-3)17-24(25)27)14-13-20-16-22(29-2)9-11-26(20)28/h4-12,16-18H,1,13-15H2,2-3H3. The van der Waals surface area contributed by atoms with Crippen molar-refractivity contribution in [3.8, 4) is 17.2 Å². The number of hydrogen-bond acceptors (Lipinski definition) is 3. The van der Waals surface area contributed by atoms with Gasteiger partial charge in [-0.05, 0) is 82.6 Å². The Hall–Kier alpha value is -3.46. The lowest BCUT2D eigenvalue weighted by Gasteiger charge is -2.25. The molecule has 31 heavy (non-hydrogen) atoms. The first kappa shape index (κ1) is 19.5. The maximum atomic E-state index is 5.67. The Balaban J connectivity index is 1.64. The van der Waals surface area contributed by atoms with Gasteiger partial charge in [0.2, 0.25) is 0 Å². The smallest absolute Gasteiger partial charge is 0.119 e. The lowest BCUT2D eigenvalue weighted by Crippen LogP contribution is -2.19. The third-order valence-corrected chi connectivity index (χ3v) is 6.50. The van der Waals surface area contributed by atoms with Gasteiger partial charge in [0.1, 0.15) is 23.9 Å². The normalized spacial score (nSPS) is 18.3. The molecule has 1 spiro atoms. The molecule has 5 rings (SSSR count). The molecule has 1 unspecified atom stereocenters. The maximum absolute atomic E-state index is 5.67. The van der Waals surface area contributed by atoms with Crippen LogP contribution in [0, 0.1) is 0 Å². The molecule has 156 valence electrons. The number of fused-ring (bicyclic) bond motifs is 4. The molecule has 0 amide bonds. The van der Waals surface area contributed by atoms with Gasteiger partial charge in [-0.1, -0.05) is 43.0 Å². The molecule has 3 heteroatoms. The average Bonchev–Trinajstić information content (AvgIpc) is 3.36. The summed E-state index contributed by atoms with van der Waals surface area (Å²) >= 11 is 0. The van der Waals surface area contributed by atoms with Gasteiger partial charge in [0.05, 0.1) is 14.2 Å². The van der Waals surface area contributed by atoms with Crippen molar-refractivity contribution in [2.24, 2.45) is 0 Å². The maximum Gasteiger partial charge on any atom is 0.119 e. The van der Waals surface area contributed by atoms with E-state index in [-0.39, 0.29) is 5.41 Å². The summed E-state index contributed by atoms with van der Waals surface area (Å²) < 4.78 is 16.7. The average molecular weight is 411 g/mol. The molecule has 2 aliphatic carbocycles. The zero-order chi connectivity index (χ0) is 21.4. The fourth-order valence-corrected chi connectivity index (χ4v) is 5.02. The first-order valence-electron chi connectivity index (χ1n) is 10.6. The van der Waals surface area contributed by atoms with Crippen molar-refractivity contribution in [1.82, 2.24) is 0 Å². The van der Waals surface area contributed by atoms with E-state index in [4.69, 9.17) is 14.2 Å². The minimum absolute atomic E-state index is 0.115. The lowest BCUT2D eigenvalue weighted by molar-refractivity contribution is 0.363. The SMILES string of the molecule is C=CCOc1ccc(C2=CC3(CCc4cc(OC)ccc43)c3ccc(OC)cc32)cc1. The predicted molar refractivity (Wildman–Crippen MR) is 124 cm³/mol. The number of rotatable bonds is 6. The van der Waals surface area contributed by atoms with E-state index in [2.05, 4.69) is 61.2 Å². The van der Waals surface area contributed by atoms with Crippen LogP contribution < -0.4 is 14.2 Å². The monoisotopic (exact) mass is 410 g/mol. The number of allylic oxidation sites excluding steroid dienone is 1. The number of methoxy groups -OCH3 is 2.